The summed E-state index contributed by atoms with van der Waals surface area (Å²) in [6.07, 6.45) is 65.2. The molecule has 366 valence electrons. The van der Waals surface area contributed by atoms with E-state index in [0.717, 1.165) is 103 Å². The molecular formula is C57H91NO7. The second-order valence-electron chi connectivity index (χ2n) is 17.3. The van der Waals surface area contributed by atoms with Crippen molar-refractivity contribution in [3.05, 3.63) is 122 Å². The van der Waals surface area contributed by atoms with E-state index in [1.165, 1.54) is 25.7 Å². The van der Waals surface area contributed by atoms with E-state index < -0.39 is 18.1 Å². The number of carboxylic acids is 1. The van der Waals surface area contributed by atoms with Crippen LogP contribution in [0, 0.1) is 0 Å². The van der Waals surface area contributed by atoms with Gasteiger partial charge in [-0.2, -0.15) is 0 Å². The normalized spacial score (nSPS) is 13.9. The van der Waals surface area contributed by atoms with Crippen molar-refractivity contribution in [2.45, 2.75) is 180 Å². The largest absolute Gasteiger partial charge is 0.544 e. The second-order valence-corrected chi connectivity index (χ2v) is 17.3. The number of rotatable bonds is 43. The van der Waals surface area contributed by atoms with Gasteiger partial charge in [-0.05, 0) is 103 Å². The zero-order chi connectivity index (χ0) is 47.7. The van der Waals surface area contributed by atoms with Gasteiger partial charge in [0.25, 0.3) is 0 Å². The molecule has 0 aliphatic heterocycles. The first kappa shape index (κ1) is 60.7. The molecule has 0 N–H and O–H groups in total. The monoisotopic (exact) mass is 902 g/mol. The molecule has 2 unspecified atom stereocenters. The number of hydrogen-bond acceptors (Lipinski definition) is 7. The molecule has 0 spiro atoms. The van der Waals surface area contributed by atoms with Crippen LogP contribution in [0.4, 0.5) is 0 Å². The van der Waals surface area contributed by atoms with Crippen molar-refractivity contribution in [3.8, 4) is 0 Å². The summed E-state index contributed by atoms with van der Waals surface area (Å²) in [5, 5.41) is 11.7. The Kier molecular flexibility index (Phi) is 43.2. The first-order chi connectivity index (χ1) is 31.6. The molecule has 0 saturated carbocycles. The molecule has 0 heterocycles. The molecule has 0 saturated heterocycles. The number of likely N-dealkylation sites (N-methyl/N-ethyl adjacent to an activating group) is 1. The smallest absolute Gasteiger partial charge is 0.306 e. The Labute approximate surface area is 397 Å². The number of carboxylic acid groups (broad SMARTS) is 1. The number of hydrogen-bond donors (Lipinski definition) is 0. The zero-order valence-electron chi connectivity index (χ0n) is 41.6. The number of ether oxygens (including phenoxy) is 3. The highest BCUT2D eigenvalue weighted by atomic mass is 16.6. The van der Waals surface area contributed by atoms with E-state index in [4.69, 9.17) is 14.2 Å². The zero-order valence-corrected chi connectivity index (χ0v) is 41.6. The number of aliphatic carboxylic acids is 1. The van der Waals surface area contributed by atoms with Crippen molar-refractivity contribution >= 4 is 17.9 Å². The van der Waals surface area contributed by atoms with E-state index in [1.54, 1.807) is 21.1 Å². The number of carbonyl (C=O) groups is 3. The van der Waals surface area contributed by atoms with E-state index in [0.29, 0.717) is 12.8 Å². The fraction of sp³-hybridized carbons (Fsp3) is 0.596. The molecule has 8 heteroatoms. The standard InChI is InChI=1S/C57H91NO7/c1-6-8-10-12-14-16-18-20-22-24-26-28-30-31-33-35-37-39-41-43-45-47-55(59)64-52-53(51-63-50-49-54(57(61)62)58(3,4)5)65-56(60)48-46-44-42-40-38-36-34-32-29-27-25-23-21-19-17-15-13-11-9-7-2/h9,11,14-17,20-23,26-29,31,33-34,36,40,42,53-54H,6-8,10,12-13,18-19,24-25,30,32,35,37-39,41,43-52H2,1-5H3/b11-9+,16-14+,17-15+,22-20+,23-21+,28-26+,29-27+,33-31+,36-34+,42-40+. The molecule has 0 bridgehead atoms. The van der Waals surface area contributed by atoms with Gasteiger partial charge in [0.1, 0.15) is 12.6 Å². The van der Waals surface area contributed by atoms with Gasteiger partial charge in [-0.1, -0.05) is 167 Å². The van der Waals surface area contributed by atoms with Crippen molar-refractivity contribution < 1.29 is 38.2 Å². The van der Waals surface area contributed by atoms with Crippen molar-refractivity contribution in [2.24, 2.45) is 0 Å². The molecule has 0 rings (SSSR count). The molecule has 0 aromatic carbocycles. The minimum atomic E-state index is -1.14. The Balaban J connectivity index is 4.44. The molecule has 0 aromatic rings. The summed E-state index contributed by atoms with van der Waals surface area (Å²) in [7, 11) is 5.37. The highest BCUT2D eigenvalue weighted by molar-refractivity contribution is 5.70. The predicted octanol–water partition coefficient (Wildman–Crippen LogP) is 13.2. The average Bonchev–Trinajstić information content (AvgIpc) is 3.27. The third-order valence-electron chi connectivity index (χ3n) is 10.3. The van der Waals surface area contributed by atoms with E-state index in [-0.39, 0.29) is 49.1 Å². The van der Waals surface area contributed by atoms with Crippen LogP contribution in [0.15, 0.2) is 122 Å². The van der Waals surface area contributed by atoms with Crippen LogP contribution in [0.2, 0.25) is 0 Å². The molecular weight excluding hydrogens is 811 g/mol. The van der Waals surface area contributed by atoms with Crippen LogP contribution in [-0.4, -0.2) is 75.5 Å². The van der Waals surface area contributed by atoms with Gasteiger partial charge in [0.15, 0.2) is 6.10 Å². The highest BCUT2D eigenvalue weighted by Crippen LogP contribution is 2.12. The number of carbonyl (C=O) groups excluding carboxylic acids is 3. The van der Waals surface area contributed by atoms with Crippen LogP contribution >= 0.6 is 0 Å². The lowest BCUT2D eigenvalue weighted by molar-refractivity contribution is -0.889. The second kappa shape index (κ2) is 46.3. The number of nitrogens with zero attached hydrogens (tertiary/aromatic N) is 1. The van der Waals surface area contributed by atoms with Crippen molar-refractivity contribution in [1.29, 1.82) is 0 Å². The summed E-state index contributed by atoms with van der Waals surface area (Å²) < 4.78 is 17.1. The SMILES string of the molecule is CC/C=C/C/C=C/C/C=C/C/C=C/C/C=C/C/C=C/CCCC(=O)OC(COCCC(C(=O)[O-])[N+](C)(C)C)COC(=O)CCCCCCC/C=C/C/C=C/C/C=C/C/C=C/CCCCC. The minimum absolute atomic E-state index is 0.00250. The number of esters is 2. The molecule has 0 aliphatic rings. The average molecular weight is 902 g/mol. The Hall–Kier alpha value is -4.27. The van der Waals surface area contributed by atoms with Crippen LogP contribution in [0.1, 0.15) is 168 Å². The maximum atomic E-state index is 12.8. The molecule has 0 aromatic heterocycles. The van der Waals surface area contributed by atoms with Crippen molar-refractivity contribution in [1.82, 2.24) is 0 Å². The van der Waals surface area contributed by atoms with Crippen molar-refractivity contribution in [3.63, 3.8) is 0 Å². The molecule has 0 amide bonds. The van der Waals surface area contributed by atoms with Gasteiger partial charge in [-0.3, -0.25) is 9.59 Å². The van der Waals surface area contributed by atoms with Crippen LogP contribution in [0.25, 0.3) is 0 Å². The fourth-order valence-electron chi connectivity index (χ4n) is 6.48. The number of unbranched alkanes of at least 4 members (excludes halogenated alkanes) is 9. The maximum absolute atomic E-state index is 12.8. The van der Waals surface area contributed by atoms with Gasteiger partial charge >= 0.3 is 11.9 Å². The maximum Gasteiger partial charge on any atom is 0.306 e. The summed E-state index contributed by atoms with van der Waals surface area (Å²) >= 11 is 0. The minimum Gasteiger partial charge on any atom is -0.544 e. The first-order valence-corrected chi connectivity index (χ1v) is 25.1. The third kappa shape index (κ3) is 44.7. The topological polar surface area (TPSA) is 102 Å². The molecule has 65 heavy (non-hydrogen) atoms. The van der Waals surface area contributed by atoms with Gasteiger partial charge in [-0.15, -0.1) is 0 Å². The van der Waals surface area contributed by atoms with E-state index >= 15 is 0 Å². The Morgan fingerprint density at radius 1 is 0.477 bits per heavy atom. The lowest BCUT2D eigenvalue weighted by atomic mass is 10.1. The third-order valence-corrected chi connectivity index (χ3v) is 10.3. The van der Waals surface area contributed by atoms with E-state index in [1.807, 2.05) is 0 Å². The van der Waals surface area contributed by atoms with Crippen LogP contribution < -0.4 is 5.11 Å². The van der Waals surface area contributed by atoms with Gasteiger partial charge in [0.05, 0.1) is 40.3 Å². The lowest BCUT2D eigenvalue weighted by Crippen LogP contribution is -2.55. The molecule has 8 nitrogen and oxygen atoms in total. The Bertz CT molecular complexity index is 1470. The van der Waals surface area contributed by atoms with Crippen LogP contribution in [0.3, 0.4) is 0 Å². The number of allylic oxidation sites excluding steroid dienone is 20. The van der Waals surface area contributed by atoms with E-state index in [9.17, 15) is 19.5 Å². The summed E-state index contributed by atoms with van der Waals surface area (Å²) in [5.41, 5.74) is 0. The van der Waals surface area contributed by atoms with Gasteiger partial charge in [0.2, 0.25) is 0 Å². The van der Waals surface area contributed by atoms with Crippen molar-refractivity contribution in [2.75, 3.05) is 41.0 Å². The molecule has 0 fully saturated rings. The molecule has 0 radical (unpaired) electrons. The summed E-state index contributed by atoms with van der Waals surface area (Å²) in [6, 6.07) is -0.748. The van der Waals surface area contributed by atoms with Gasteiger partial charge in [0, 0.05) is 19.3 Å². The van der Waals surface area contributed by atoms with E-state index in [2.05, 4.69) is 135 Å². The van der Waals surface area contributed by atoms with Crippen LogP contribution in [0.5, 0.6) is 0 Å². The Morgan fingerprint density at radius 2 is 0.877 bits per heavy atom. The quantitative estimate of drug-likeness (QED) is 0.0260. The summed E-state index contributed by atoms with van der Waals surface area (Å²) in [5.74, 6) is -1.85. The lowest BCUT2D eigenvalue weighted by Gasteiger charge is -2.34. The highest BCUT2D eigenvalue weighted by Gasteiger charge is 2.25. The molecule has 0 aliphatic carbocycles. The fourth-order valence-corrected chi connectivity index (χ4v) is 6.48. The molecule has 2 atom stereocenters. The van der Waals surface area contributed by atoms with Crippen LogP contribution in [-0.2, 0) is 28.6 Å². The number of quaternary nitrogens is 1. The summed E-state index contributed by atoms with van der Waals surface area (Å²) in [6.45, 7) is 4.42. The first-order valence-electron chi connectivity index (χ1n) is 25.1. The van der Waals surface area contributed by atoms with Gasteiger partial charge in [-0.25, -0.2) is 0 Å². The Morgan fingerprint density at radius 3 is 1.32 bits per heavy atom. The summed E-state index contributed by atoms with van der Waals surface area (Å²) in [4.78, 5) is 37.0. The predicted molar refractivity (Wildman–Crippen MR) is 272 cm³/mol. The van der Waals surface area contributed by atoms with Gasteiger partial charge < -0.3 is 28.6 Å².